The van der Waals surface area contributed by atoms with Gasteiger partial charge in [0.2, 0.25) is 10.0 Å². The first-order valence-electron chi connectivity index (χ1n) is 10.6. The van der Waals surface area contributed by atoms with E-state index in [4.69, 9.17) is 5.14 Å². The van der Waals surface area contributed by atoms with Gasteiger partial charge in [-0.3, -0.25) is 14.6 Å². The number of fused-ring (bicyclic) bond motifs is 1. The maximum atomic E-state index is 13.6. The van der Waals surface area contributed by atoms with Crippen LogP contribution in [0.4, 0.5) is 5.69 Å². The van der Waals surface area contributed by atoms with Crippen LogP contribution in [0.25, 0.3) is 11.1 Å². The van der Waals surface area contributed by atoms with Crippen LogP contribution in [0.1, 0.15) is 21.5 Å². The number of rotatable bonds is 4. The number of para-hydroxylation sites is 1. The van der Waals surface area contributed by atoms with Crippen LogP contribution in [0.2, 0.25) is 0 Å². The zero-order chi connectivity index (χ0) is 24.8. The van der Waals surface area contributed by atoms with E-state index in [0.717, 1.165) is 16.0 Å². The highest BCUT2D eigenvalue weighted by Crippen LogP contribution is 2.45. The van der Waals surface area contributed by atoms with Gasteiger partial charge in [0.15, 0.2) is 5.60 Å². The van der Waals surface area contributed by atoms with Crippen molar-refractivity contribution in [3.05, 3.63) is 114 Å². The molecule has 5 rings (SSSR count). The van der Waals surface area contributed by atoms with Crippen LogP contribution in [-0.4, -0.2) is 30.3 Å². The lowest BCUT2D eigenvalue weighted by atomic mass is 9.87. The number of pyridine rings is 1. The molecule has 2 heterocycles. The number of anilines is 1. The first kappa shape index (κ1) is 22.6. The van der Waals surface area contributed by atoms with E-state index in [1.165, 1.54) is 24.3 Å². The van der Waals surface area contributed by atoms with Gasteiger partial charge in [-0.2, -0.15) is 0 Å². The number of imide groups is 1. The van der Waals surface area contributed by atoms with Crippen molar-refractivity contribution < 1.29 is 23.1 Å². The summed E-state index contributed by atoms with van der Waals surface area (Å²) in [6.07, 6.45) is 3.34. The molecule has 0 aliphatic carbocycles. The van der Waals surface area contributed by atoms with Crippen molar-refractivity contribution in [3.63, 3.8) is 0 Å². The van der Waals surface area contributed by atoms with Gasteiger partial charge >= 0.3 is 0 Å². The summed E-state index contributed by atoms with van der Waals surface area (Å²) in [5.41, 5.74) is 0.474. The Morgan fingerprint density at radius 3 is 2.09 bits per heavy atom. The molecule has 0 bridgehead atoms. The van der Waals surface area contributed by atoms with Crippen LogP contribution in [0.3, 0.4) is 0 Å². The summed E-state index contributed by atoms with van der Waals surface area (Å²) in [7, 11) is -3.96. The highest BCUT2D eigenvalue weighted by molar-refractivity contribution is 7.89. The van der Waals surface area contributed by atoms with Crippen LogP contribution < -0.4 is 10.0 Å². The van der Waals surface area contributed by atoms with Crippen LogP contribution >= 0.6 is 0 Å². The van der Waals surface area contributed by atoms with Gasteiger partial charge in [0, 0.05) is 23.5 Å². The SMILES string of the molecule is NS(=O)(=O)c1ccc(C2(O)C(=O)N(C(=O)c3ccc(-c4ccncc4)cc3)c3ccccc32)cc1. The van der Waals surface area contributed by atoms with E-state index in [0.29, 0.717) is 0 Å². The number of carbonyl (C=O) groups is 2. The number of hydrogen-bond donors (Lipinski definition) is 2. The van der Waals surface area contributed by atoms with Crippen LogP contribution in [0.15, 0.2) is 102 Å². The molecule has 35 heavy (non-hydrogen) atoms. The predicted molar refractivity (Wildman–Crippen MR) is 129 cm³/mol. The molecule has 0 fully saturated rings. The first-order valence-corrected chi connectivity index (χ1v) is 12.1. The van der Waals surface area contributed by atoms with Crippen molar-refractivity contribution in [2.75, 3.05) is 4.90 Å². The van der Waals surface area contributed by atoms with E-state index in [1.807, 2.05) is 12.1 Å². The quantitative estimate of drug-likeness (QED) is 0.428. The third kappa shape index (κ3) is 3.71. The van der Waals surface area contributed by atoms with Gasteiger partial charge in [0.1, 0.15) is 0 Å². The van der Waals surface area contributed by atoms with Gasteiger partial charge in [0.05, 0.1) is 10.6 Å². The molecule has 4 aromatic rings. The Morgan fingerprint density at radius 1 is 0.857 bits per heavy atom. The van der Waals surface area contributed by atoms with E-state index in [2.05, 4.69) is 4.98 Å². The number of primary sulfonamides is 1. The lowest BCUT2D eigenvalue weighted by Crippen LogP contribution is -2.44. The van der Waals surface area contributed by atoms with E-state index >= 15 is 0 Å². The Hall–Kier alpha value is -4.18. The predicted octanol–water partition coefficient (Wildman–Crippen LogP) is 2.82. The van der Waals surface area contributed by atoms with E-state index < -0.39 is 27.4 Å². The number of nitrogens with zero attached hydrogens (tertiary/aromatic N) is 2. The summed E-state index contributed by atoms with van der Waals surface area (Å²) in [6, 6.07) is 21.9. The van der Waals surface area contributed by atoms with Crippen molar-refractivity contribution in [2.24, 2.45) is 5.14 Å². The topological polar surface area (TPSA) is 131 Å². The molecule has 174 valence electrons. The molecule has 0 spiro atoms. The second-order valence-corrected chi connectivity index (χ2v) is 9.62. The smallest absolute Gasteiger partial charge is 0.275 e. The lowest BCUT2D eigenvalue weighted by Gasteiger charge is -2.23. The maximum absolute atomic E-state index is 13.6. The normalized spacial score (nSPS) is 17.3. The Bertz CT molecular complexity index is 1550. The molecule has 1 unspecified atom stereocenters. The summed E-state index contributed by atoms with van der Waals surface area (Å²) in [5.74, 6) is -1.45. The molecule has 1 atom stereocenters. The van der Waals surface area contributed by atoms with Crippen molar-refractivity contribution in [2.45, 2.75) is 10.5 Å². The van der Waals surface area contributed by atoms with Gasteiger partial charge in [-0.1, -0.05) is 42.5 Å². The van der Waals surface area contributed by atoms with Crippen molar-refractivity contribution >= 4 is 27.5 Å². The summed E-state index contributed by atoms with van der Waals surface area (Å²) >= 11 is 0. The number of aliphatic hydroxyl groups is 1. The minimum absolute atomic E-state index is 0.116. The molecular formula is C26H19N3O5S. The zero-order valence-electron chi connectivity index (χ0n) is 18.2. The van der Waals surface area contributed by atoms with Gasteiger partial charge in [-0.15, -0.1) is 0 Å². The Balaban J connectivity index is 1.54. The van der Waals surface area contributed by atoms with Gasteiger partial charge in [0.25, 0.3) is 11.8 Å². The second kappa shape index (κ2) is 8.24. The average molecular weight is 486 g/mol. The van der Waals surface area contributed by atoms with Gasteiger partial charge in [-0.05, 0) is 59.2 Å². The maximum Gasteiger partial charge on any atom is 0.275 e. The fourth-order valence-corrected chi connectivity index (χ4v) is 4.72. The number of hydrogen-bond acceptors (Lipinski definition) is 6. The van der Waals surface area contributed by atoms with Crippen molar-refractivity contribution in [3.8, 4) is 11.1 Å². The molecule has 9 heteroatoms. The minimum Gasteiger partial charge on any atom is -0.372 e. The fourth-order valence-electron chi connectivity index (χ4n) is 4.21. The molecule has 0 saturated carbocycles. The minimum atomic E-state index is -3.96. The van der Waals surface area contributed by atoms with E-state index in [1.54, 1.807) is 60.9 Å². The highest BCUT2D eigenvalue weighted by Gasteiger charge is 2.53. The second-order valence-electron chi connectivity index (χ2n) is 8.06. The summed E-state index contributed by atoms with van der Waals surface area (Å²) in [6.45, 7) is 0. The number of sulfonamides is 1. The van der Waals surface area contributed by atoms with Gasteiger partial charge in [-0.25, -0.2) is 18.5 Å². The van der Waals surface area contributed by atoms with Gasteiger partial charge < -0.3 is 5.11 Å². The van der Waals surface area contributed by atoms with Crippen LogP contribution in [0, 0.1) is 0 Å². The standard InChI is InChI=1S/C26H19N3O5S/c27-35(33,34)21-11-9-20(10-12-21)26(32)22-3-1-2-4-23(22)29(25(26)31)24(30)19-7-5-17(6-8-19)18-13-15-28-16-14-18/h1-16,32H,(H2,27,33,34). The number of amides is 2. The van der Waals surface area contributed by atoms with Crippen LogP contribution in [-0.2, 0) is 20.4 Å². The molecule has 3 aromatic carbocycles. The molecule has 1 aromatic heterocycles. The lowest BCUT2D eigenvalue weighted by molar-refractivity contribution is -0.131. The fraction of sp³-hybridized carbons (Fsp3) is 0.0385. The third-order valence-electron chi connectivity index (χ3n) is 6.00. The monoisotopic (exact) mass is 485 g/mol. The zero-order valence-corrected chi connectivity index (χ0v) is 19.0. The molecular weight excluding hydrogens is 466 g/mol. The van der Waals surface area contributed by atoms with Crippen LogP contribution in [0.5, 0.6) is 0 Å². The Kier molecular flexibility index (Phi) is 5.32. The first-order chi connectivity index (χ1) is 16.7. The van der Waals surface area contributed by atoms with E-state index in [9.17, 15) is 23.1 Å². The van der Waals surface area contributed by atoms with Crippen molar-refractivity contribution in [1.29, 1.82) is 0 Å². The van der Waals surface area contributed by atoms with Crippen molar-refractivity contribution in [1.82, 2.24) is 4.98 Å². The molecule has 1 aliphatic heterocycles. The number of nitrogens with two attached hydrogens (primary N) is 1. The number of benzene rings is 3. The third-order valence-corrected chi connectivity index (χ3v) is 6.93. The molecule has 2 amide bonds. The molecule has 1 aliphatic rings. The largest absolute Gasteiger partial charge is 0.372 e. The number of aromatic nitrogens is 1. The molecule has 0 radical (unpaired) electrons. The molecule has 3 N–H and O–H groups in total. The summed E-state index contributed by atoms with van der Waals surface area (Å²) in [5, 5.41) is 16.8. The Labute approximate surface area is 201 Å². The average Bonchev–Trinajstić information content (AvgIpc) is 3.11. The molecule has 0 saturated heterocycles. The Morgan fingerprint density at radius 2 is 1.46 bits per heavy atom. The summed E-state index contributed by atoms with van der Waals surface area (Å²) < 4.78 is 23.2. The summed E-state index contributed by atoms with van der Waals surface area (Å²) in [4.78, 5) is 31.8. The molecule has 8 nitrogen and oxygen atoms in total. The van der Waals surface area contributed by atoms with E-state index in [-0.39, 0.29) is 27.3 Å². The highest BCUT2D eigenvalue weighted by atomic mass is 32.2. The number of carbonyl (C=O) groups excluding carboxylic acids is 2.